The van der Waals surface area contributed by atoms with Crippen LogP contribution in [0.15, 0.2) is 18.2 Å². The molecule has 4 atom stereocenters. The van der Waals surface area contributed by atoms with Crippen LogP contribution < -0.4 is 16.0 Å². The fourth-order valence-corrected chi connectivity index (χ4v) is 4.21. The van der Waals surface area contributed by atoms with E-state index in [0.29, 0.717) is 11.7 Å². The van der Waals surface area contributed by atoms with Gasteiger partial charge in [-0.1, -0.05) is 12.5 Å². The Labute approximate surface area is 119 Å². The number of benzene rings is 1. The van der Waals surface area contributed by atoms with E-state index < -0.39 is 0 Å². The molecule has 3 rings (SSSR count). The number of ether oxygens (including phenoxy) is 1. The highest BCUT2D eigenvalue weighted by Gasteiger charge is 2.42. The van der Waals surface area contributed by atoms with Crippen LogP contribution in [0.2, 0.25) is 0 Å². The first-order chi connectivity index (χ1) is 9.71. The van der Waals surface area contributed by atoms with Crippen molar-refractivity contribution < 1.29 is 9.13 Å². The molecule has 0 aliphatic heterocycles. The van der Waals surface area contributed by atoms with Gasteiger partial charge in [0.05, 0.1) is 7.11 Å². The van der Waals surface area contributed by atoms with Crippen molar-refractivity contribution in [1.29, 1.82) is 0 Å². The van der Waals surface area contributed by atoms with Crippen LogP contribution in [0.1, 0.15) is 31.2 Å². The van der Waals surface area contributed by atoms with Crippen LogP contribution in [-0.2, 0) is 6.42 Å². The zero-order chi connectivity index (χ0) is 14.1. The molecule has 0 radical (unpaired) electrons. The minimum absolute atomic E-state index is 0.248. The fourth-order valence-electron chi connectivity index (χ4n) is 4.21. The van der Waals surface area contributed by atoms with Crippen molar-refractivity contribution in [2.75, 3.05) is 7.11 Å². The van der Waals surface area contributed by atoms with Gasteiger partial charge >= 0.3 is 0 Å². The SMILES string of the molecule is COc1ccc(CC(NN)C2CC3CCC2C3)cc1F. The Morgan fingerprint density at radius 2 is 2.25 bits per heavy atom. The summed E-state index contributed by atoms with van der Waals surface area (Å²) in [7, 11) is 1.48. The second-order valence-corrected chi connectivity index (χ2v) is 6.28. The third kappa shape index (κ3) is 2.54. The number of hydrogen-bond donors (Lipinski definition) is 2. The Kier molecular flexibility index (Phi) is 3.94. The van der Waals surface area contributed by atoms with E-state index in [0.717, 1.165) is 23.8 Å². The van der Waals surface area contributed by atoms with Gasteiger partial charge in [-0.25, -0.2) is 4.39 Å². The lowest BCUT2D eigenvalue weighted by molar-refractivity contribution is 0.248. The van der Waals surface area contributed by atoms with Crippen LogP contribution in [0.3, 0.4) is 0 Å². The average Bonchev–Trinajstić information content (AvgIpc) is 3.07. The third-order valence-corrected chi connectivity index (χ3v) is 5.20. The topological polar surface area (TPSA) is 47.3 Å². The highest BCUT2D eigenvalue weighted by Crippen LogP contribution is 2.49. The summed E-state index contributed by atoms with van der Waals surface area (Å²) in [5.74, 6) is 8.11. The van der Waals surface area contributed by atoms with E-state index in [-0.39, 0.29) is 11.9 Å². The van der Waals surface area contributed by atoms with Gasteiger partial charge in [0.1, 0.15) is 0 Å². The Morgan fingerprint density at radius 1 is 1.40 bits per heavy atom. The lowest BCUT2D eigenvalue weighted by Crippen LogP contribution is -2.44. The summed E-state index contributed by atoms with van der Waals surface area (Å²) in [4.78, 5) is 0. The maximum absolute atomic E-state index is 13.8. The zero-order valence-corrected chi connectivity index (χ0v) is 11.9. The van der Waals surface area contributed by atoms with E-state index in [1.54, 1.807) is 12.1 Å². The minimum atomic E-state index is -0.297. The summed E-state index contributed by atoms with van der Waals surface area (Å²) in [6, 6.07) is 5.44. The van der Waals surface area contributed by atoms with Gasteiger partial charge in [-0.15, -0.1) is 0 Å². The van der Waals surface area contributed by atoms with E-state index in [9.17, 15) is 4.39 Å². The van der Waals surface area contributed by atoms with Gasteiger partial charge in [0.2, 0.25) is 0 Å². The van der Waals surface area contributed by atoms with Gasteiger partial charge in [-0.2, -0.15) is 0 Å². The van der Waals surface area contributed by atoms with Gasteiger partial charge in [-0.05, 0) is 61.1 Å². The van der Waals surface area contributed by atoms with Crippen molar-refractivity contribution in [1.82, 2.24) is 5.43 Å². The fraction of sp³-hybridized carbons (Fsp3) is 0.625. The summed E-state index contributed by atoms with van der Waals surface area (Å²) >= 11 is 0. The molecular weight excluding hydrogens is 255 g/mol. The molecule has 0 heterocycles. The van der Waals surface area contributed by atoms with E-state index in [1.165, 1.54) is 32.8 Å². The maximum Gasteiger partial charge on any atom is 0.165 e. The molecule has 2 bridgehead atoms. The van der Waals surface area contributed by atoms with Gasteiger partial charge in [-0.3, -0.25) is 11.3 Å². The molecule has 20 heavy (non-hydrogen) atoms. The Bertz CT molecular complexity index is 480. The summed E-state index contributed by atoms with van der Waals surface area (Å²) in [5.41, 5.74) is 3.95. The van der Waals surface area contributed by atoms with Gasteiger partial charge < -0.3 is 4.74 Å². The quantitative estimate of drug-likeness (QED) is 0.643. The number of methoxy groups -OCH3 is 1. The summed E-state index contributed by atoms with van der Waals surface area (Å²) in [5, 5.41) is 0. The molecule has 0 saturated heterocycles. The first-order valence-corrected chi connectivity index (χ1v) is 7.49. The van der Waals surface area contributed by atoms with Crippen LogP contribution >= 0.6 is 0 Å². The van der Waals surface area contributed by atoms with Crippen LogP contribution in [0, 0.1) is 23.6 Å². The molecule has 3 nitrogen and oxygen atoms in total. The highest BCUT2D eigenvalue weighted by atomic mass is 19.1. The molecule has 110 valence electrons. The highest BCUT2D eigenvalue weighted by molar-refractivity contribution is 5.29. The minimum Gasteiger partial charge on any atom is -0.494 e. The zero-order valence-electron chi connectivity index (χ0n) is 11.9. The number of halogens is 1. The first kappa shape index (κ1) is 13.8. The average molecular weight is 278 g/mol. The molecule has 1 aromatic carbocycles. The second-order valence-electron chi connectivity index (χ2n) is 6.28. The van der Waals surface area contributed by atoms with Crippen LogP contribution in [-0.4, -0.2) is 13.2 Å². The Balaban J connectivity index is 1.70. The third-order valence-electron chi connectivity index (χ3n) is 5.20. The van der Waals surface area contributed by atoms with E-state index in [4.69, 9.17) is 10.6 Å². The normalized spacial score (nSPS) is 29.6. The Hall–Kier alpha value is -1.13. The number of nitrogens with one attached hydrogen (secondary N) is 1. The van der Waals surface area contributed by atoms with Gasteiger partial charge in [0, 0.05) is 6.04 Å². The van der Waals surface area contributed by atoms with Crippen molar-refractivity contribution in [3.8, 4) is 5.75 Å². The molecular formula is C16H23FN2O. The molecule has 0 spiro atoms. The van der Waals surface area contributed by atoms with Crippen molar-refractivity contribution in [3.63, 3.8) is 0 Å². The number of nitrogens with two attached hydrogens (primary N) is 1. The molecule has 0 aromatic heterocycles. The van der Waals surface area contributed by atoms with Crippen molar-refractivity contribution in [2.45, 2.75) is 38.1 Å². The van der Waals surface area contributed by atoms with Crippen molar-refractivity contribution in [3.05, 3.63) is 29.6 Å². The predicted octanol–water partition coefficient (Wildman–Crippen LogP) is 2.64. The smallest absolute Gasteiger partial charge is 0.165 e. The van der Waals surface area contributed by atoms with E-state index >= 15 is 0 Å². The largest absolute Gasteiger partial charge is 0.494 e. The molecule has 3 N–H and O–H groups in total. The lowest BCUT2D eigenvalue weighted by Gasteiger charge is -2.30. The first-order valence-electron chi connectivity index (χ1n) is 7.49. The van der Waals surface area contributed by atoms with E-state index in [2.05, 4.69) is 5.43 Å². The van der Waals surface area contributed by atoms with Crippen LogP contribution in [0.5, 0.6) is 5.75 Å². The van der Waals surface area contributed by atoms with Gasteiger partial charge in [0.25, 0.3) is 0 Å². The number of fused-ring (bicyclic) bond motifs is 2. The maximum atomic E-state index is 13.8. The van der Waals surface area contributed by atoms with Crippen molar-refractivity contribution in [2.24, 2.45) is 23.6 Å². The molecule has 2 fully saturated rings. The van der Waals surface area contributed by atoms with E-state index in [1.807, 2.05) is 6.07 Å². The summed E-state index contributed by atoms with van der Waals surface area (Å²) in [6.45, 7) is 0. The standard InChI is InChI=1S/C16H23FN2O/c1-20-16-5-3-11(8-14(16)17)9-15(19-18)13-7-10-2-4-12(13)6-10/h3,5,8,10,12-13,15,19H,2,4,6-7,9,18H2,1H3. The monoisotopic (exact) mass is 278 g/mol. The molecule has 4 unspecified atom stereocenters. The summed E-state index contributed by atoms with van der Waals surface area (Å²) in [6.07, 6.45) is 6.14. The lowest BCUT2D eigenvalue weighted by atomic mass is 9.81. The second kappa shape index (κ2) is 5.70. The molecule has 2 aliphatic rings. The molecule has 1 aromatic rings. The molecule has 2 aliphatic carbocycles. The summed E-state index contributed by atoms with van der Waals surface area (Å²) < 4.78 is 18.7. The van der Waals surface area contributed by atoms with Gasteiger partial charge in [0.15, 0.2) is 11.6 Å². The van der Waals surface area contributed by atoms with Crippen LogP contribution in [0.25, 0.3) is 0 Å². The number of hydrogen-bond acceptors (Lipinski definition) is 3. The molecule has 4 heteroatoms. The molecule has 0 amide bonds. The number of hydrazine groups is 1. The molecule has 2 saturated carbocycles. The Morgan fingerprint density at radius 3 is 2.80 bits per heavy atom. The van der Waals surface area contributed by atoms with Crippen LogP contribution in [0.4, 0.5) is 4.39 Å². The van der Waals surface area contributed by atoms with Crippen molar-refractivity contribution >= 4 is 0 Å². The predicted molar refractivity (Wildman–Crippen MR) is 76.7 cm³/mol. The number of rotatable bonds is 5.